The van der Waals surface area contributed by atoms with E-state index in [1.54, 1.807) is 17.4 Å². The lowest BCUT2D eigenvalue weighted by Gasteiger charge is -2.14. The number of hydrogen-bond acceptors (Lipinski definition) is 5. The lowest BCUT2D eigenvalue weighted by atomic mass is 9.92. The molecule has 4 rings (SSSR count). The summed E-state index contributed by atoms with van der Waals surface area (Å²) in [6.45, 7) is 5.96. The summed E-state index contributed by atoms with van der Waals surface area (Å²) in [6, 6.07) is 9.96. The lowest BCUT2D eigenvalue weighted by molar-refractivity contribution is 0.407. The van der Waals surface area contributed by atoms with E-state index in [4.69, 9.17) is 4.42 Å². The normalized spacial score (nSPS) is 13.5. The SMILES string of the molecule is CC(C)(C)c1ocnc1/C=c1\[nH]c(=O)/c(=C/c2cc3ccccc3s2)[nH]c1=O. The van der Waals surface area contributed by atoms with Gasteiger partial charge in [-0.3, -0.25) is 9.59 Å². The van der Waals surface area contributed by atoms with Gasteiger partial charge in [0.15, 0.2) is 6.39 Å². The first-order chi connectivity index (χ1) is 13.3. The molecule has 0 spiro atoms. The Morgan fingerprint density at radius 1 is 1.04 bits per heavy atom. The summed E-state index contributed by atoms with van der Waals surface area (Å²) in [5, 5.41) is 1.45. The third-order valence-corrected chi connectivity index (χ3v) is 5.34. The van der Waals surface area contributed by atoms with Crippen molar-refractivity contribution in [2.45, 2.75) is 26.2 Å². The Bertz CT molecular complexity index is 1360. The number of hydrogen-bond donors (Lipinski definition) is 2. The van der Waals surface area contributed by atoms with E-state index in [2.05, 4.69) is 15.0 Å². The van der Waals surface area contributed by atoms with E-state index >= 15 is 0 Å². The Morgan fingerprint density at radius 2 is 1.71 bits per heavy atom. The highest BCUT2D eigenvalue weighted by atomic mass is 32.1. The number of aromatic amines is 2. The van der Waals surface area contributed by atoms with Crippen LogP contribution in [0.4, 0.5) is 0 Å². The largest absolute Gasteiger partial charge is 0.447 e. The van der Waals surface area contributed by atoms with Gasteiger partial charge in [-0.05, 0) is 29.7 Å². The molecule has 0 atom stereocenters. The molecule has 0 saturated carbocycles. The number of rotatable bonds is 2. The van der Waals surface area contributed by atoms with Crippen LogP contribution in [0.3, 0.4) is 0 Å². The third-order valence-electron chi connectivity index (χ3n) is 4.27. The summed E-state index contributed by atoms with van der Waals surface area (Å²) in [6.07, 6.45) is 4.56. The van der Waals surface area contributed by atoms with Gasteiger partial charge in [0, 0.05) is 15.0 Å². The van der Waals surface area contributed by atoms with E-state index in [1.807, 2.05) is 51.1 Å². The van der Waals surface area contributed by atoms with Crippen molar-refractivity contribution >= 4 is 33.6 Å². The second-order valence-corrected chi connectivity index (χ2v) is 8.64. The lowest BCUT2D eigenvalue weighted by Crippen LogP contribution is -2.46. The Labute approximate surface area is 163 Å². The minimum atomic E-state index is -0.394. The Balaban J connectivity index is 1.83. The van der Waals surface area contributed by atoms with Crippen LogP contribution in [-0.4, -0.2) is 15.0 Å². The van der Waals surface area contributed by atoms with Gasteiger partial charge in [0.05, 0.1) is 0 Å². The molecule has 0 aliphatic heterocycles. The molecule has 3 heterocycles. The molecule has 0 amide bonds. The second kappa shape index (κ2) is 6.76. The molecule has 1 aromatic carbocycles. The maximum Gasteiger partial charge on any atom is 0.272 e. The van der Waals surface area contributed by atoms with Crippen LogP contribution >= 0.6 is 11.3 Å². The van der Waals surface area contributed by atoms with Gasteiger partial charge in [-0.1, -0.05) is 39.0 Å². The number of fused-ring (bicyclic) bond motifs is 1. The predicted molar refractivity (Wildman–Crippen MR) is 111 cm³/mol. The molecular formula is C21H19N3O3S. The van der Waals surface area contributed by atoms with Crippen LogP contribution in [0.15, 0.2) is 50.7 Å². The van der Waals surface area contributed by atoms with Crippen molar-refractivity contribution < 1.29 is 4.42 Å². The minimum absolute atomic E-state index is 0.137. The van der Waals surface area contributed by atoms with Gasteiger partial charge in [0.1, 0.15) is 22.2 Å². The van der Waals surface area contributed by atoms with E-state index in [-0.39, 0.29) is 21.7 Å². The van der Waals surface area contributed by atoms with E-state index in [9.17, 15) is 9.59 Å². The Kier molecular flexibility index (Phi) is 4.39. The highest BCUT2D eigenvalue weighted by molar-refractivity contribution is 7.19. The Morgan fingerprint density at radius 3 is 2.39 bits per heavy atom. The topological polar surface area (TPSA) is 91.8 Å². The van der Waals surface area contributed by atoms with Gasteiger partial charge < -0.3 is 14.4 Å². The molecule has 0 unspecified atom stereocenters. The van der Waals surface area contributed by atoms with Crippen molar-refractivity contribution in [1.82, 2.24) is 15.0 Å². The summed E-state index contributed by atoms with van der Waals surface area (Å²) >= 11 is 1.56. The van der Waals surface area contributed by atoms with Gasteiger partial charge in [0.2, 0.25) is 0 Å². The molecule has 142 valence electrons. The summed E-state index contributed by atoms with van der Waals surface area (Å²) < 4.78 is 6.57. The molecule has 4 aromatic rings. The fourth-order valence-electron chi connectivity index (χ4n) is 2.97. The molecule has 0 aliphatic rings. The number of nitrogens with zero attached hydrogens (tertiary/aromatic N) is 1. The quantitative estimate of drug-likeness (QED) is 0.546. The number of thiophene rings is 1. The zero-order valence-electron chi connectivity index (χ0n) is 15.7. The van der Waals surface area contributed by atoms with E-state index < -0.39 is 5.56 Å². The van der Waals surface area contributed by atoms with Crippen LogP contribution in [0.1, 0.15) is 37.1 Å². The van der Waals surface area contributed by atoms with Crippen molar-refractivity contribution in [2.75, 3.05) is 0 Å². The second-order valence-electron chi connectivity index (χ2n) is 7.53. The minimum Gasteiger partial charge on any atom is -0.447 e. The van der Waals surface area contributed by atoms with E-state index in [0.717, 1.165) is 15.0 Å². The number of H-pyrrole nitrogens is 2. The van der Waals surface area contributed by atoms with Crippen molar-refractivity contribution in [1.29, 1.82) is 0 Å². The predicted octanol–water partition coefficient (Wildman–Crippen LogP) is 2.22. The standard InChI is InChI=1S/C21H19N3O3S/c1-21(2,3)18-14(22-11-27-18)10-16-20(26)23-15(19(25)24-16)9-13-8-12-6-4-5-7-17(12)28-13/h4-11H,1-3H3,(H,23,26)(H,24,25)/b15-9-,16-10-. The van der Waals surface area contributed by atoms with Gasteiger partial charge in [0.25, 0.3) is 11.1 Å². The fourth-order valence-corrected chi connectivity index (χ4v) is 3.98. The summed E-state index contributed by atoms with van der Waals surface area (Å²) in [4.78, 5) is 35.4. The average Bonchev–Trinajstić information content (AvgIpc) is 3.25. The molecule has 0 aliphatic carbocycles. The monoisotopic (exact) mass is 393 g/mol. The van der Waals surface area contributed by atoms with Crippen LogP contribution < -0.4 is 21.8 Å². The first-order valence-electron chi connectivity index (χ1n) is 8.80. The first-order valence-corrected chi connectivity index (χ1v) is 9.61. The summed E-state index contributed by atoms with van der Waals surface area (Å²) in [5.41, 5.74) is -0.515. The Hall–Kier alpha value is -3.19. The van der Waals surface area contributed by atoms with Gasteiger partial charge in [-0.25, -0.2) is 4.98 Å². The van der Waals surface area contributed by atoms with Crippen LogP contribution in [0.25, 0.3) is 22.2 Å². The third kappa shape index (κ3) is 3.48. The zero-order valence-corrected chi connectivity index (χ0v) is 16.5. The molecule has 0 bridgehead atoms. The maximum atomic E-state index is 12.5. The molecule has 0 radical (unpaired) electrons. The van der Waals surface area contributed by atoms with Crippen molar-refractivity contribution in [3.8, 4) is 0 Å². The fraction of sp³-hybridized carbons (Fsp3) is 0.190. The maximum absolute atomic E-state index is 12.5. The van der Waals surface area contributed by atoms with Crippen molar-refractivity contribution in [3.63, 3.8) is 0 Å². The van der Waals surface area contributed by atoms with E-state index in [0.29, 0.717) is 11.5 Å². The van der Waals surface area contributed by atoms with Gasteiger partial charge >= 0.3 is 0 Å². The van der Waals surface area contributed by atoms with Crippen LogP contribution in [-0.2, 0) is 5.41 Å². The summed E-state index contributed by atoms with van der Waals surface area (Å²) in [5.74, 6) is 0.647. The molecule has 3 aromatic heterocycles. The average molecular weight is 393 g/mol. The van der Waals surface area contributed by atoms with Gasteiger partial charge in [-0.15, -0.1) is 11.3 Å². The molecule has 28 heavy (non-hydrogen) atoms. The number of nitrogens with one attached hydrogen (secondary N) is 2. The molecule has 0 fully saturated rings. The highest BCUT2D eigenvalue weighted by Crippen LogP contribution is 2.26. The van der Waals surface area contributed by atoms with Crippen LogP contribution in [0.5, 0.6) is 0 Å². The number of aromatic nitrogens is 3. The molecule has 6 nitrogen and oxygen atoms in total. The summed E-state index contributed by atoms with van der Waals surface area (Å²) in [7, 11) is 0. The van der Waals surface area contributed by atoms with Crippen molar-refractivity contribution in [3.05, 3.63) is 84.5 Å². The van der Waals surface area contributed by atoms with Gasteiger partial charge in [-0.2, -0.15) is 0 Å². The molecular weight excluding hydrogens is 374 g/mol. The number of benzene rings is 1. The van der Waals surface area contributed by atoms with Crippen LogP contribution in [0.2, 0.25) is 0 Å². The molecule has 2 N–H and O–H groups in total. The smallest absolute Gasteiger partial charge is 0.272 e. The van der Waals surface area contributed by atoms with Crippen molar-refractivity contribution in [2.24, 2.45) is 0 Å². The first kappa shape index (κ1) is 18.2. The number of oxazole rings is 1. The van der Waals surface area contributed by atoms with E-state index in [1.165, 1.54) is 12.5 Å². The molecule has 7 heteroatoms. The van der Waals surface area contributed by atoms with Crippen LogP contribution in [0, 0.1) is 0 Å². The zero-order chi connectivity index (χ0) is 19.9. The highest BCUT2D eigenvalue weighted by Gasteiger charge is 2.21. The molecule has 0 saturated heterocycles.